The summed E-state index contributed by atoms with van der Waals surface area (Å²) in [6, 6.07) is 13.5. The Bertz CT molecular complexity index is 972. The van der Waals surface area contributed by atoms with Crippen molar-refractivity contribution in [2.75, 3.05) is 6.54 Å². The molecular weight excluding hydrogens is 365 g/mol. The number of halogens is 2. The van der Waals surface area contributed by atoms with E-state index in [1.54, 1.807) is 18.3 Å². The summed E-state index contributed by atoms with van der Waals surface area (Å²) in [6.07, 6.45) is 4.05. The van der Waals surface area contributed by atoms with Crippen molar-refractivity contribution in [3.05, 3.63) is 86.5 Å². The van der Waals surface area contributed by atoms with Gasteiger partial charge < -0.3 is 0 Å². The molecule has 2 aromatic carbocycles. The number of aryl methyl sites for hydroxylation is 1. The number of nitrogens with one attached hydrogen (secondary N) is 1. The first kappa shape index (κ1) is 19.1. The highest BCUT2D eigenvalue weighted by Gasteiger charge is 2.13. The highest BCUT2D eigenvalue weighted by molar-refractivity contribution is 6.30. The van der Waals surface area contributed by atoms with Crippen LogP contribution in [-0.2, 0) is 12.8 Å². The van der Waals surface area contributed by atoms with Crippen molar-refractivity contribution in [3.63, 3.8) is 0 Å². The summed E-state index contributed by atoms with van der Waals surface area (Å²) < 4.78 is 14.6. The first-order valence-electron chi connectivity index (χ1n) is 8.92. The summed E-state index contributed by atoms with van der Waals surface area (Å²) in [5.74, 6) is -0.337. The molecule has 1 heterocycles. The Morgan fingerprint density at radius 2 is 1.81 bits per heavy atom. The molecule has 0 atom stereocenters. The lowest BCUT2D eigenvalue weighted by atomic mass is 10.1. The van der Waals surface area contributed by atoms with Crippen LogP contribution in [0.4, 0.5) is 4.39 Å². The molecule has 0 aliphatic rings. The van der Waals surface area contributed by atoms with Gasteiger partial charge in [0.25, 0.3) is 5.56 Å². The summed E-state index contributed by atoms with van der Waals surface area (Å²) in [6.45, 7) is 2.63. The quantitative estimate of drug-likeness (QED) is 0.595. The molecule has 0 spiro atoms. The summed E-state index contributed by atoms with van der Waals surface area (Å²) in [4.78, 5) is 17.2. The van der Waals surface area contributed by atoms with Crippen molar-refractivity contribution in [1.29, 1.82) is 0 Å². The fourth-order valence-corrected chi connectivity index (χ4v) is 2.97. The molecule has 0 aliphatic carbocycles. The normalized spacial score (nSPS) is 11.4. The Morgan fingerprint density at radius 3 is 2.48 bits per heavy atom. The van der Waals surface area contributed by atoms with E-state index in [0.717, 1.165) is 30.5 Å². The Kier molecular flexibility index (Phi) is 6.24. The fraction of sp³-hybridized carbons (Fsp3) is 0.238. The first-order chi connectivity index (χ1) is 13.1. The first-order valence-corrected chi connectivity index (χ1v) is 9.30. The molecule has 0 fully saturated rings. The van der Waals surface area contributed by atoms with Crippen LogP contribution in [0.25, 0.3) is 5.69 Å². The van der Waals surface area contributed by atoms with Gasteiger partial charge in [-0.1, -0.05) is 37.1 Å². The molecule has 27 heavy (non-hydrogen) atoms. The van der Waals surface area contributed by atoms with Gasteiger partial charge >= 0.3 is 0 Å². The third kappa shape index (κ3) is 4.74. The third-order valence-corrected chi connectivity index (χ3v) is 4.51. The van der Waals surface area contributed by atoms with Gasteiger partial charge in [0.2, 0.25) is 0 Å². The van der Waals surface area contributed by atoms with Crippen molar-refractivity contribution >= 4 is 17.8 Å². The Balaban J connectivity index is 1.79. The number of hydrogen-bond acceptors (Lipinski definition) is 2. The van der Waals surface area contributed by atoms with Gasteiger partial charge in [-0.3, -0.25) is 14.9 Å². The number of H-pyrrole nitrogens is 1. The van der Waals surface area contributed by atoms with Crippen LogP contribution >= 0.6 is 11.6 Å². The van der Waals surface area contributed by atoms with Crippen molar-refractivity contribution in [3.8, 4) is 5.69 Å². The molecule has 0 saturated heterocycles. The topological polar surface area (TPSA) is 50.1 Å². The van der Waals surface area contributed by atoms with Crippen LogP contribution in [0.1, 0.15) is 30.2 Å². The largest absolute Gasteiger partial charge is 0.294 e. The highest BCUT2D eigenvalue weighted by atomic mass is 35.5. The second-order valence-electron chi connectivity index (χ2n) is 6.28. The number of benzene rings is 2. The maximum atomic E-state index is 13.1. The van der Waals surface area contributed by atoms with Crippen LogP contribution in [0, 0.1) is 5.82 Å². The lowest BCUT2D eigenvalue weighted by molar-refractivity contribution is 0.626. The molecule has 0 amide bonds. The number of nitrogens with zero attached hydrogens (tertiary/aromatic N) is 2. The van der Waals surface area contributed by atoms with Crippen LogP contribution in [-0.4, -0.2) is 22.5 Å². The Morgan fingerprint density at radius 1 is 1.11 bits per heavy atom. The van der Waals surface area contributed by atoms with E-state index in [0.29, 0.717) is 22.8 Å². The predicted molar refractivity (Wildman–Crippen MR) is 108 cm³/mol. The van der Waals surface area contributed by atoms with E-state index >= 15 is 0 Å². The van der Waals surface area contributed by atoms with Crippen LogP contribution in [0.3, 0.4) is 0 Å². The van der Waals surface area contributed by atoms with Gasteiger partial charge in [0, 0.05) is 23.5 Å². The van der Waals surface area contributed by atoms with Gasteiger partial charge in [0.1, 0.15) is 5.82 Å². The maximum absolute atomic E-state index is 13.1. The van der Waals surface area contributed by atoms with Gasteiger partial charge in [-0.15, -0.1) is 0 Å². The monoisotopic (exact) mass is 385 g/mol. The van der Waals surface area contributed by atoms with Crippen LogP contribution in [0.5, 0.6) is 0 Å². The van der Waals surface area contributed by atoms with Crippen molar-refractivity contribution in [2.24, 2.45) is 4.99 Å². The van der Waals surface area contributed by atoms with E-state index in [4.69, 9.17) is 11.6 Å². The summed E-state index contributed by atoms with van der Waals surface area (Å²) >= 11 is 5.89. The number of rotatable bonds is 7. The van der Waals surface area contributed by atoms with Crippen LogP contribution < -0.4 is 5.56 Å². The zero-order valence-corrected chi connectivity index (χ0v) is 15.8. The van der Waals surface area contributed by atoms with E-state index in [2.05, 4.69) is 17.0 Å². The molecule has 1 N–H and O–H groups in total. The van der Waals surface area contributed by atoms with Crippen LogP contribution in [0.2, 0.25) is 5.02 Å². The third-order valence-electron chi connectivity index (χ3n) is 4.25. The number of aliphatic imine (C=N–C) groups is 1. The maximum Gasteiger partial charge on any atom is 0.280 e. The molecule has 0 bridgehead atoms. The number of aromatic amines is 1. The molecule has 0 saturated carbocycles. The molecule has 0 radical (unpaired) electrons. The zero-order valence-electron chi connectivity index (χ0n) is 15.1. The standard InChI is InChI=1S/C21H21ClFN3O/c1-2-3-20-19(14-24-13-12-15-4-6-16(22)7-5-15)21(27)26(25-20)18-10-8-17(23)9-11-18/h4-11,14,25H,2-3,12-13H2,1H3. The molecule has 0 aliphatic heterocycles. The van der Waals surface area contributed by atoms with Gasteiger partial charge in [0.05, 0.1) is 11.3 Å². The minimum atomic E-state index is -0.337. The summed E-state index contributed by atoms with van der Waals surface area (Å²) in [7, 11) is 0. The van der Waals surface area contributed by atoms with E-state index in [1.165, 1.54) is 16.8 Å². The van der Waals surface area contributed by atoms with Gasteiger partial charge in [0.15, 0.2) is 0 Å². The minimum Gasteiger partial charge on any atom is -0.294 e. The minimum absolute atomic E-state index is 0.180. The van der Waals surface area contributed by atoms with Crippen molar-refractivity contribution in [1.82, 2.24) is 9.78 Å². The summed E-state index contributed by atoms with van der Waals surface area (Å²) in [5.41, 5.74) is 2.95. The molecule has 3 rings (SSSR count). The number of hydrogen-bond donors (Lipinski definition) is 1. The highest BCUT2D eigenvalue weighted by Crippen LogP contribution is 2.11. The van der Waals surface area contributed by atoms with E-state index in [9.17, 15) is 9.18 Å². The van der Waals surface area contributed by atoms with Crippen LogP contribution in [0.15, 0.2) is 58.3 Å². The average molecular weight is 386 g/mol. The zero-order chi connectivity index (χ0) is 19.2. The fourth-order valence-electron chi connectivity index (χ4n) is 2.84. The molecule has 6 heteroatoms. The SMILES string of the molecule is CCCc1[nH]n(-c2ccc(F)cc2)c(=O)c1C=NCCc1ccc(Cl)cc1. The van der Waals surface area contributed by atoms with Gasteiger partial charge in [-0.2, -0.15) is 0 Å². The second kappa shape index (κ2) is 8.82. The number of aromatic nitrogens is 2. The average Bonchev–Trinajstić information content (AvgIpc) is 2.97. The summed E-state index contributed by atoms with van der Waals surface area (Å²) in [5, 5.41) is 3.84. The Hall–Kier alpha value is -2.66. The lowest BCUT2D eigenvalue weighted by Gasteiger charge is -2.01. The van der Waals surface area contributed by atoms with E-state index < -0.39 is 0 Å². The predicted octanol–water partition coefficient (Wildman–Crippen LogP) is 4.57. The van der Waals surface area contributed by atoms with Crippen molar-refractivity contribution in [2.45, 2.75) is 26.2 Å². The molecule has 3 aromatic rings. The van der Waals surface area contributed by atoms with E-state index in [-0.39, 0.29) is 11.4 Å². The molecule has 0 unspecified atom stereocenters. The second-order valence-corrected chi connectivity index (χ2v) is 6.72. The lowest BCUT2D eigenvalue weighted by Crippen LogP contribution is -2.17. The van der Waals surface area contributed by atoms with Crippen molar-refractivity contribution < 1.29 is 4.39 Å². The van der Waals surface area contributed by atoms with Gasteiger partial charge in [-0.25, -0.2) is 9.07 Å². The smallest absolute Gasteiger partial charge is 0.280 e. The van der Waals surface area contributed by atoms with Gasteiger partial charge in [-0.05, 0) is 54.8 Å². The molecule has 1 aromatic heterocycles. The Labute approximate surface area is 162 Å². The van der Waals surface area contributed by atoms with E-state index in [1.807, 2.05) is 24.3 Å². The molecular formula is C21H21ClFN3O. The molecule has 4 nitrogen and oxygen atoms in total. The molecule has 140 valence electrons.